The number of aromatic nitrogens is 4. The lowest BCUT2D eigenvalue weighted by Gasteiger charge is -2.34. The Morgan fingerprint density at radius 1 is 1.26 bits per heavy atom. The first-order chi connectivity index (χ1) is 16.4. The number of rotatable bonds is 4. The van der Waals surface area contributed by atoms with Crippen LogP contribution in [0.5, 0.6) is 0 Å². The molecule has 0 aliphatic carbocycles. The predicted molar refractivity (Wildman–Crippen MR) is 129 cm³/mol. The van der Waals surface area contributed by atoms with E-state index >= 15 is 4.39 Å². The molecule has 0 bridgehead atoms. The van der Waals surface area contributed by atoms with Gasteiger partial charge in [0.05, 0.1) is 17.2 Å². The highest BCUT2D eigenvalue weighted by molar-refractivity contribution is 5.92. The zero-order valence-electron chi connectivity index (χ0n) is 19.2. The lowest BCUT2D eigenvalue weighted by atomic mass is 9.96. The Kier molecular flexibility index (Phi) is 5.49. The van der Waals surface area contributed by atoms with Crippen LogP contribution in [0, 0.1) is 6.92 Å². The van der Waals surface area contributed by atoms with Crippen molar-refractivity contribution in [2.24, 2.45) is 0 Å². The molecule has 0 radical (unpaired) electrons. The van der Waals surface area contributed by atoms with Gasteiger partial charge in [0.25, 0.3) is 11.5 Å². The van der Waals surface area contributed by atoms with Crippen molar-refractivity contribution < 1.29 is 9.18 Å². The van der Waals surface area contributed by atoms with Gasteiger partial charge in [0.15, 0.2) is 0 Å². The number of fused-ring (bicyclic) bond motifs is 3. The van der Waals surface area contributed by atoms with Crippen LogP contribution in [-0.4, -0.2) is 56.7 Å². The van der Waals surface area contributed by atoms with Crippen LogP contribution in [0.2, 0.25) is 0 Å². The first-order valence-corrected chi connectivity index (χ1v) is 11.1. The molecule has 1 aliphatic rings. The minimum atomic E-state index is -1.18. The van der Waals surface area contributed by atoms with Gasteiger partial charge in [0.2, 0.25) is 0 Å². The first-order valence-electron chi connectivity index (χ1n) is 11.1. The number of aromatic amines is 1. The normalized spacial score (nSPS) is 17.6. The van der Waals surface area contributed by atoms with E-state index in [0.717, 1.165) is 16.6 Å². The molecule has 2 atom stereocenters. The molecular formula is C25H25FN6O2. The van der Waals surface area contributed by atoms with Crippen molar-refractivity contribution in [3.8, 4) is 0 Å². The fourth-order valence-corrected chi connectivity index (χ4v) is 4.54. The Balaban J connectivity index is 1.39. The number of halogens is 1. The Morgan fingerprint density at radius 2 is 2.09 bits per heavy atom. The summed E-state index contributed by atoms with van der Waals surface area (Å²) in [6.45, 7) is 4.69. The maximum Gasteiger partial charge on any atom is 0.274 e. The number of carbonyl (C=O) groups is 1. The third-order valence-electron chi connectivity index (χ3n) is 6.53. The number of carbonyl (C=O) groups excluding carboxylic acids is 1. The lowest BCUT2D eigenvalue weighted by molar-refractivity contribution is 0.0958. The molecule has 5 rings (SSSR count). The summed E-state index contributed by atoms with van der Waals surface area (Å²) in [7, 11) is 1.54. The van der Waals surface area contributed by atoms with Crippen molar-refractivity contribution in [3.63, 3.8) is 0 Å². The molecule has 2 N–H and O–H groups in total. The minimum absolute atomic E-state index is 0.0623. The van der Waals surface area contributed by atoms with Gasteiger partial charge in [-0.3, -0.25) is 19.5 Å². The van der Waals surface area contributed by atoms with E-state index in [9.17, 15) is 9.59 Å². The smallest absolute Gasteiger partial charge is 0.274 e. The summed E-state index contributed by atoms with van der Waals surface area (Å²) >= 11 is 0. The SMILES string of the molecule is CNC(=O)c1ccc(C2=CCN(C(C)c3ccc4c(c3)[nH]c(=O)c3c(C)cnn34)CC2F)cn1. The van der Waals surface area contributed by atoms with Crippen LogP contribution in [0.4, 0.5) is 4.39 Å². The van der Waals surface area contributed by atoms with Gasteiger partial charge in [-0.1, -0.05) is 18.2 Å². The van der Waals surface area contributed by atoms with Crippen LogP contribution in [0.25, 0.3) is 22.1 Å². The van der Waals surface area contributed by atoms with Crippen LogP contribution in [0.1, 0.15) is 40.1 Å². The highest BCUT2D eigenvalue weighted by Crippen LogP contribution is 2.31. The van der Waals surface area contributed by atoms with Crippen molar-refractivity contribution >= 4 is 28.0 Å². The number of alkyl halides is 1. The summed E-state index contributed by atoms with van der Waals surface area (Å²) < 4.78 is 16.9. The van der Waals surface area contributed by atoms with E-state index in [1.165, 1.54) is 0 Å². The zero-order chi connectivity index (χ0) is 24.0. The number of nitrogens with one attached hydrogen (secondary N) is 2. The molecule has 174 valence electrons. The molecule has 1 aromatic carbocycles. The number of aryl methyl sites for hydroxylation is 1. The van der Waals surface area contributed by atoms with Crippen molar-refractivity contribution in [1.82, 2.24) is 29.8 Å². The minimum Gasteiger partial charge on any atom is -0.354 e. The van der Waals surface area contributed by atoms with Crippen LogP contribution < -0.4 is 10.9 Å². The average Bonchev–Trinajstić information content (AvgIpc) is 3.25. The second-order valence-electron chi connectivity index (χ2n) is 8.59. The van der Waals surface area contributed by atoms with Crippen molar-refractivity contribution in [3.05, 3.63) is 81.5 Å². The Labute approximate surface area is 195 Å². The fraction of sp³-hybridized carbons (Fsp3) is 0.280. The van der Waals surface area contributed by atoms with Crippen molar-refractivity contribution in [2.75, 3.05) is 20.1 Å². The molecule has 9 heteroatoms. The molecule has 3 aromatic heterocycles. The number of benzene rings is 1. The van der Waals surface area contributed by atoms with Crippen LogP contribution in [0.3, 0.4) is 0 Å². The standard InChI is InChI=1S/C25H25FN6O2/c1-14-11-29-32-22-7-5-16(10-21(22)30-25(34)23(14)32)15(2)31-9-8-18(19(26)13-31)17-4-6-20(28-12-17)24(33)27-3/h4-8,10-12,15,19H,9,13H2,1-3H3,(H,27,33)(H,30,34). The molecule has 0 saturated carbocycles. The van der Waals surface area contributed by atoms with Gasteiger partial charge < -0.3 is 10.3 Å². The topological polar surface area (TPSA) is 95.4 Å². The Bertz CT molecular complexity index is 1490. The van der Waals surface area contributed by atoms with Gasteiger partial charge in [0.1, 0.15) is 17.4 Å². The molecule has 0 saturated heterocycles. The van der Waals surface area contributed by atoms with E-state index in [2.05, 4.69) is 25.3 Å². The summed E-state index contributed by atoms with van der Waals surface area (Å²) in [5, 5.41) is 6.87. The molecule has 4 aromatic rings. The maximum absolute atomic E-state index is 15.2. The van der Waals surface area contributed by atoms with E-state index in [4.69, 9.17) is 0 Å². The van der Waals surface area contributed by atoms with Gasteiger partial charge in [-0.05, 0) is 48.7 Å². The van der Waals surface area contributed by atoms with E-state index < -0.39 is 6.17 Å². The number of hydrogen-bond donors (Lipinski definition) is 2. The summed E-state index contributed by atoms with van der Waals surface area (Å²) in [5.41, 5.74) is 5.22. The summed E-state index contributed by atoms with van der Waals surface area (Å²) in [5.74, 6) is -0.277. The van der Waals surface area contributed by atoms with Crippen LogP contribution >= 0.6 is 0 Å². The Hall–Kier alpha value is -3.85. The lowest BCUT2D eigenvalue weighted by Crippen LogP contribution is -2.37. The molecule has 0 fully saturated rings. The monoisotopic (exact) mass is 460 g/mol. The third kappa shape index (κ3) is 3.67. The number of amides is 1. The Morgan fingerprint density at radius 3 is 2.79 bits per heavy atom. The van der Waals surface area contributed by atoms with E-state index in [0.29, 0.717) is 34.4 Å². The second-order valence-corrected chi connectivity index (χ2v) is 8.59. The van der Waals surface area contributed by atoms with Gasteiger partial charge in [-0.15, -0.1) is 0 Å². The molecule has 1 aliphatic heterocycles. The third-order valence-corrected chi connectivity index (χ3v) is 6.53. The first kappa shape index (κ1) is 22.0. The highest BCUT2D eigenvalue weighted by Gasteiger charge is 2.27. The van der Waals surface area contributed by atoms with Crippen LogP contribution in [-0.2, 0) is 0 Å². The molecule has 4 heterocycles. The molecule has 2 unspecified atom stereocenters. The summed E-state index contributed by atoms with van der Waals surface area (Å²) in [6, 6.07) is 9.14. The van der Waals surface area contributed by atoms with Crippen molar-refractivity contribution in [2.45, 2.75) is 26.1 Å². The number of H-pyrrole nitrogens is 1. The van der Waals surface area contributed by atoms with E-state index in [-0.39, 0.29) is 24.1 Å². The molecule has 8 nitrogen and oxygen atoms in total. The van der Waals surface area contributed by atoms with Gasteiger partial charge in [-0.25, -0.2) is 8.91 Å². The van der Waals surface area contributed by atoms with E-state index in [1.54, 1.807) is 36.1 Å². The predicted octanol–water partition coefficient (Wildman–Crippen LogP) is 3.04. The molecule has 1 amide bonds. The fourth-order valence-electron chi connectivity index (χ4n) is 4.54. The molecule has 0 spiro atoms. The number of hydrogen-bond acceptors (Lipinski definition) is 5. The second kappa shape index (κ2) is 8.49. The summed E-state index contributed by atoms with van der Waals surface area (Å²) in [6.07, 6.45) is 3.91. The zero-order valence-corrected chi connectivity index (χ0v) is 19.2. The highest BCUT2D eigenvalue weighted by atomic mass is 19.1. The number of pyridine rings is 1. The molecule has 34 heavy (non-hydrogen) atoms. The quantitative estimate of drug-likeness (QED) is 0.488. The summed E-state index contributed by atoms with van der Waals surface area (Å²) in [4.78, 5) is 33.4. The van der Waals surface area contributed by atoms with Gasteiger partial charge >= 0.3 is 0 Å². The number of nitrogens with zero attached hydrogens (tertiary/aromatic N) is 4. The van der Waals surface area contributed by atoms with Gasteiger partial charge in [0, 0.05) is 37.9 Å². The maximum atomic E-state index is 15.2. The molecular weight excluding hydrogens is 435 g/mol. The average molecular weight is 461 g/mol. The van der Waals surface area contributed by atoms with Crippen LogP contribution in [0.15, 0.2) is 53.6 Å². The van der Waals surface area contributed by atoms with E-state index in [1.807, 2.05) is 38.1 Å². The largest absolute Gasteiger partial charge is 0.354 e. The van der Waals surface area contributed by atoms with Gasteiger partial charge in [-0.2, -0.15) is 5.10 Å². The van der Waals surface area contributed by atoms with Crippen molar-refractivity contribution in [1.29, 1.82) is 0 Å².